The van der Waals surface area contributed by atoms with E-state index < -0.39 is 0 Å². The smallest absolute Gasteiger partial charge is 0.246 e. The van der Waals surface area contributed by atoms with Crippen molar-refractivity contribution in [2.45, 2.75) is 20.8 Å². The van der Waals surface area contributed by atoms with E-state index in [4.69, 9.17) is 14.4 Å². The first-order valence-electron chi connectivity index (χ1n) is 10.1. The van der Waals surface area contributed by atoms with Crippen LogP contribution in [0, 0.1) is 20.8 Å². The summed E-state index contributed by atoms with van der Waals surface area (Å²) in [6, 6.07) is 26.9. The van der Waals surface area contributed by atoms with Crippen LogP contribution in [0.3, 0.4) is 0 Å². The minimum Gasteiger partial charge on any atom is -0.434 e. The first-order chi connectivity index (χ1) is 14.6. The average molecular weight is 390 g/mol. The van der Waals surface area contributed by atoms with Gasteiger partial charge >= 0.3 is 0 Å². The summed E-state index contributed by atoms with van der Waals surface area (Å²) in [5.41, 5.74) is 8.25. The Morgan fingerprint density at radius 2 is 1.43 bits per heavy atom. The van der Waals surface area contributed by atoms with Gasteiger partial charge in [0.1, 0.15) is 11.4 Å². The summed E-state index contributed by atoms with van der Waals surface area (Å²) in [7, 11) is 0. The molecule has 2 aromatic heterocycles. The number of benzene rings is 3. The lowest BCUT2D eigenvalue weighted by Gasteiger charge is -2.05. The number of aromatic nitrogens is 2. The molecule has 0 saturated heterocycles. The van der Waals surface area contributed by atoms with Crippen molar-refractivity contribution in [1.29, 1.82) is 0 Å². The summed E-state index contributed by atoms with van der Waals surface area (Å²) in [6.07, 6.45) is 0. The molecular formula is C27H22N2O. The van der Waals surface area contributed by atoms with Crippen LogP contribution in [0.15, 0.2) is 83.3 Å². The SMILES string of the molecule is Cc1ccc(-c2nc(-c3ccc4ccccc4n3)oc2-c2ccc(C)c(C)c2)cc1. The first-order valence-corrected chi connectivity index (χ1v) is 10.1. The van der Waals surface area contributed by atoms with Gasteiger partial charge in [0.2, 0.25) is 5.89 Å². The summed E-state index contributed by atoms with van der Waals surface area (Å²) in [4.78, 5) is 9.66. The maximum Gasteiger partial charge on any atom is 0.246 e. The highest BCUT2D eigenvalue weighted by Gasteiger charge is 2.19. The highest BCUT2D eigenvalue weighted by molar-refractivity contribution is 5.82. The van der Waals surface area contributed by atoms with E-state index in [1.807, 2.05) is 24.3 Å². The normalized spacial score (nSPS) is 11.2. The fourth-order valence-electron chi connectivity index (χ4n) is 3.60. The summed E-state index contributed by atoms with van der Waals surface area (Å²) in [6.45, 7) is 6.32. The zero-order valence-electron chi connectivity index (χ0n) is 17.3. The number of oxazole rings is 1. The molecule has 0 spiro atoms. The van der Waals surface area contributed by atoms with Crippen LogP contribution >= 0.6 is 0 Å². The van der Waals surface area contributed by atoms with Gasteiger partial charge in [-0.2, -0.15) is 0 Å². The molecule has 5 aromatic rings. The van der Waals surface area contributed by atoms with Crippen molar-refractivity contribution in [2.24, 2.45) is 0 Å². The topological polar surface area (TPSA) is 38.9 Å². The molecule has 0 aliphatic carbocycles. The van der Waals surface area contributed by atoms with E-state index in [-0.39, 0.29) is 0 Å². The van der Waals surface area contributed by atoms with Gasteiger partial charge in [0.25, 0.3) is 0 Å². The Kier molecular flexibility index (Phi) is 4.44. The predicted molar refractivity (Wildman–Crippen MR) is 122 cm³/mol. The van der Waals surface area contributed by atoms with Crippen molar-refractivity contribution in [2.75, 3.05) is 0 Å². The molecule has 3 nitrogen and oxygen atoms in total. The zero-order chi connectivity index (χ0) is 20.7. The molecule has 146 valence electrons. The molecule has 0 atom stereocenters. The second-order valence-electron chi connectivity index (χ2n) is 7.75. The average Bonchev–Trinajstić information content (AvgIpc) is 3.21. The summed E-state index contributed by atoms with van der Waals surface area (Å²) >= 11 is 0. The largest absolute Gasteiger partial charge is 0.434 e. The maximum atomic E-state index is 6.34. The third kappa shape index (κ3) is 3.29. The number of pyridine rings is 1. The van der Waals surface area contributed by atoms with Gasteiger partial charge in [0.05, 0.1) is 5.52 Å². The molecule has 30 heavy (non-hydrogen) atoms. The van der Waals surface area contributed by atoms with Crippen LogP contribution in [-0.2, 0) is 0 Å². The van der Waals surface area contributed by atoms with Crippen LogP contribution in [0.5, 0.6) is 0 Å². The molecule has 0 unspecified atom stereocenters. The number of hydrogen-bond acceptors (Lipinski definition) is 3. The Balaban J connectivity index is 1.70. The second kappa shape index (κ2) is 7.27. The van der Waals surface area contributed by atoms with Gasteiger partial charge in [-0.05, 0) is 50.1 Å². The predicted octanol–water partition coefficient (Wildman–Crippen LogP) is 7.15. The molecule has 0 fully saturated rings. The molecule has 0 radical (unpaired) electrons. The lowest BCUT2D eigenvalue weighted by atomic mass is 10.0. The van der Waals surface area contributed by atoms with Crippen molar-refractivity contribution in [1.82, 2.24) is 9.97 Å². The lowest BCUT2D eigenvalue weighted by Crippen LogP contribution is -1.86. The molecular weight excluding hydrogens is 368 g/mol. The molecule has 3 heteroatoms. The standard InChI is InChI=1S/C27H22N2O/c1-17-8-11-21(12-9-17)25-26(22-13-10-18(2)19(3)16-22)30-27(29-25)24-15-14-20-6-4-5-7-23(20)28-24/h4-16H,1-3H3. The van der Waals surface area contributed by atoms with Crippen LogP contribution in [-0.4, -0.2) is 9.97 Å². The first kappa shape index (κ1) is 18.3. The number of aryl methyl sites for hydroxylation is 3. The lowest BCUT2D eigenvalue weighted by molar-refractivity contribution is 0.587. The van der Waals surface area contributed by atoms with E-state index in [9.17, 15) is 0 Å². The van der Waals surface area contributed by atoms with E-state index >= 15 is 0 Å². The van der Waals surface area contributed by atoms with Crippen molar-refractivity contribution in [3.05, 3.63) is 95.6 Å². The van der Waals surface area contributed by atoms with Gasteiger partial charge in [-0.1, -0.05) is 66.2 Å². The Bertz CT molecular complexity index is 1360. The van der Waals surface area contributed by atoms with E-state index in [0.29, 0.717) is 5.89 Å². The molecule has 2 heterocycles. The van der Waals surface area contributed by atoms with E-state index in [1.54, 1.807) is 0 Å². The number of rotatable bonds is 3. The van der Waals surface area contributed by atoms with Crippen LogP contribution in [0.25, 0.3) is 45.1 Å². The van der Waals surface area contributed by atoms with E-state index in [1.165, 1.54) is 16.7 Å². The van der Waals surface area contributed by atoms with Gasteiger partial charge in [0, 0.05) is 16.5 Å². The third-order valence-corrected chi connectivity index (χ3v) is 5.54. The fraction of sp³-hybridized carbons (Fsp3) is 0.111. The van der Waals surface area contributed by atoms with E-state index in [2.05, 4.69) is 75.4 Å². The number of hydrogen-bond donors (Lipinski definition) is 0. The van der Waals surface area contributed by atoms with Gasteiger partial charge in [-0.3, -0.25) is 0 Å². The molecule has 0 bridgehead atoms. The van der Waals surface area contributed by atoms with Crippen LogP contribution in [0.2, 0.25) is 0 Å². The summed E-state index contributed by atoms with van der Waals surface area (Å²) < 4.78 is 6.34. The Morgan fingerprint density at radius 1 is 0.667 bits per heavy atom. The fourth-order valence-corrected chi connectivity index (χ4v) is 3.60. The second-order valence-corrected chi connectivity index (χ2v) is 7.75. The third-order valence-electron chi connectivity index (χ3n) is 5.54. The zero-order valence-corrected chi connectivity index (χ0v) is 17.3. The van der Waals surface area contributed by atoms with Crippen molar-refractivity contribution >= 4 is 10.9 Å². The molecule has 0 aliphatic heterocycles. The highest BCUT2D eigenvalue weighted by atomic mass is 16.4. The van der Waals surface area contributed by atoms with Gasteiger partial charge in [-0.15, -0.1) is 0 Å². The van der Waals surface area contributed by atoms with Crippen LogP contribution in [0.4, 0.5) is 0 Å². The molecule has 0 N–H and O–H groups in total. The van der Waals surface area contributed by atoms with Gasteiger partial charge < -0.3 is 4.42 Å². The van der Waals surface area contributed by atoms with Crippen LogP contribution < -0.4 is 0 Å². The quantitative estimate of drug-likeness (QED) is 0.328. The van der Waals surface area contributed by atoms with Crippen molar-refractivity contribution < 1.29 is 4.42 Å². The van der Waals surface area contributed by atoms with Gasteiger partial charge in [0.15, 0.2) is 5.76 Å². The van der Waals surface area contributed by atoms with Gasteiger partial charge in [-0.25, -0.2) is 9.97 Å². The molecule has 0 aliphatic rings. The Labute approximate surface area is 176 Å². The number of fused-ring (bicyclic) bond motifs is 1. The summed E-state index contributed by atoms with van der Waals surface area (Å²) in [5.74, 6) is 1.30. The minimum atomic E-state index is 0.532. The van der Waals surface area contributed by atoms with E-state index in [0.717, 1.165) is 39.2 Å². The van der Waals surface area contributed by atoms with Crippen molar-refractivity contribution in [3.63, 3.8) is 0 Å². The van der Waals surface area contributed by atoms with Crippen LogP contribution in [0.1, 0.15) is 16.7 Å². The van der Waals surface area contributed by atoms with Crippen molar-refractivity contribution in [3.8, 4) is 34.2 Å². The summed E-state index contributed by atoms with van der Waals surface area (Å²) in [5, 5.41) is 1.10. The Hall–Kier alpha value is -3.72. The molecule has 3 aromatic carbocycles. The highest BCUT2D eigenvalue weighted by Crippen LogP contribution is 2.36. The molecule has 0 amide bonds. The number of nitrogens with zero attached hydrogens (tertiary/aromatic N) is 2. The number of para-hydroxylation sites is 1. The molecule has 5 rings (SSSR count). The Morgan fingerprint density at radius 3 is 2.23 bits per heavy atom. The monoisotopic (exact) mass is 390 g/mol. The maximum absolute atomic E-state index is 6.34. The molecule has 0 saturated carbocycles. The minimum absolute atomic E-state index is 0.532.